The lowest BCUT2D eigenvalue weighted by Crippen LogP contribution is -3.13. The molecular weight excluding hydrogens is 394 g/mol. The Bertz CT molecular complexity index is 769. The number of rotatable bonds is 7. The van der Waals surface area contributed by atoms with Crippen LogP contribution in [0.1, 0.15) is 47.8 Å². The van der Waals surface area contributed by atoms with E-state index in [-0.39, 0.29) is 0 Å². The van der Waals surface area contributed by atoms with Gasteiger partial charge in [0.15, 0.2) is 5.11 Å². The highest BCUT2D eigenvalue weighted by atomic mass is 32.1. The zero-order chi connectivity index (χ0) is 20.8. The molecule has 0 bridgehead atoms. The lowest BCUT2D eigenvalue weighted by molar-refractivity contribution is -0.906. The standard InChI is InChI=1S/C24H35N3S2/c1-18-8-12-26(13-9-18)10-6-11-27(17-22-7-5-14-29-22)24(28)25-23-20(3)15-19(2)16-21(23)4/h5,7,14-16,18H,6,8-13,17H2,1-4H3,(H,25,28)/p+1. The second-order valence-electron chi connectivity index (χ2n) is 8.74. The molecule has 1 aliphatic heterocycles. The zero-order valence-electron chi connectivity index (χ0n) is 18.4. The highest BCUT2D eigenvalue weighted by Crippen LogP contribution is 2.23. The third-order valence-electron chi connectivity index (χ3n) is 6.06. The number of aryl methyl sites for hydroxylation is 3. The topological polar surface area (TPSA) is 19.7 Å². The number of thiocarbonyl (C=S) groups is 1. The minimum absolute atomic E-state index is 0.843. The number of piperidine rings is 1. The van der Waals surface area contributed by atoms with Crippen molar-refractivity contribution in [3.8, 4) is 0 Å². The summed E-state index contributed by atoms with van der Waals surface area (Å²) in [6.45, 7) is 14.7. The molecule has 0 unspecified atom stereocenters. The lowest BCUT2D eigenvalue weighted by atomic mass is 9.99. The van der Waals surface area contributed by atoms with Crippen LogP contribution in [-0.2, 0) is 6.54 Å². The second-order valence-corrected chi connectivity index (χ2v) is 10.2. The van der Waals surface area contributed by atoms with E-state index >= 15 is 0 Å². The summed E-state index contributed by atoms with van der Waals surface area (Å²) in [5.74, 6) is 0.909. The maximum Gasteiger partial charge on any atom is 0.173 e. The summed E-state index contributed by atoms with van der Waals surface area (Å²) in [4.78, 5) is 5.49. The van der Waals surface area contributed by atoms with Gasteiger partial charge in [0, 0.05) is 23.5 Å². The average Bonchev–Trinajstić information content (AvgIpc) is 3.18. The summed E-state index contributed by atoms with van der Waals surface area (Å²) in [5.41, 5.74) is 4.97. The summed E-state index contributed by atoms with van der Waals surface area (Å²) >= 11 is 7.69. The molecule has 2 N–H and O–H groups in total. The largest absolute Gasteiger partial charge is 0.344 e. The Morgan fingerprint density at radius 1 is 1.21 bits per heavy atom. The minimum Gasteiger partial charge on any atom is -0.344 e. The van der Waals surface area contributed by atoms with E-state index in [1.807, 2.05) is 11.3 Å². The van der Waals surface area contributed by atoms with Crippen LogP contribution in [0.25, 0.3) is 0 Å². The molecule has 1 fully saturated rings. The number of quaternary nitrogens is 1. The van der Waals surface area contributed by atoms with Gasteiger partial charge >= 0.3 is 0 Å². The van der Waals surface area contributed by atoms with Crippen molar-refractivity contribution in [2.45, 2.75) is 53.5 Å². The van der Waals surface area contributed by atoms with Crippen LogP contribution in [0.2, 0.25) is 0 Å². The Kier molecular flexibility index (Phi) is 8.10. The van der Waals surface area contributed by atoms with Crippen LogP contribution < -0.4 is 10.2 Å². The lowest BCUT2D eigenvalue weighted by Gasteiger charge is -2.30. The van der Waals surface area contributed by atoms with Gasteiger partial charge in [-0.15, -0.1) is 11.3 Å². The molecule has 0 spiro atoms. The summed E-state index contributed by atoms with van der Waals surface area (Å²) in [6.07, 6.45) is 3.93. The zero-order valence-corrected chi connectivity index (χ0v) is 20.0. The molecule has 1 aromatic carbocycles. The van der Waals surface area contributed by atoms with Crippen LogP contribution in [0.15, 0.2) is 29.6 Å². The highest BCUT2D eigenvalue weighted by Gasteiger charge is 2.19. The highest BCUT2D eigenvalue weighted by molar-refractivity contribution is 7.80. The number of likely N-dealkylation sites (tertiary alicyclic amines) is 1. The molecule has 1 saturated heterocycles. The Hall–Kier alpha value is -1.43. The SMILES string of the molecule is Cc1cc(C)c(NC(=S)N(CCC[NH+]2CCC(C)CC2)Cc2cccs2)c(C)c1. The number of hydrogen-bond donors (Lipinski definition) is 2. The fourth-order valence-electron chi connectivity index (χ4n) is 4.35. The first-order chi connectivity index (χ1) is 13.9. The molecule has 0 radical (unpaired) electrons. The Morgan fingerprint density at radius 3 is 2.52 bits per heavy atom. The number of nitrogens with one attached hydrogen (secondary N) is 2. The molecule has 5 heteroatoms. The van der Waals surface area contributed by atoms with Gasteiger partial charge in [-0.25, -0.2) is 0 Å². The van der Waals surface area contributed by atoms with Crippen molar-refractivity contribution in [3.63, 3.8) is 0 Å². The fourth-order valence-corrected chi connectivity index (χ4v) is 5.32. The second kappa shape index (κ2) is 10.6. The van der Waals surface area contributed by atoms with Gasteiger partial charge in [-0.3, -0.25) is 0 Å². The Balaban J connectivity index is 1.62. The molecule has 3 rings (SSSR count). The van der Waals surface area contributed by atoms with Gasteiger partial charge in [-0.2, -0.15) is 0 Å². The monoisotopic (exact) mass is 430 g/mol. The van der Waals surface area contributed by atoms with Crippen LogP contribution >= 0.6 is 23.6 Å². The van der Waals surface area contributed by atoms with Gasteiger partial charge in [0.1, 0.15) is 0 Å². The molecule has 0 aliphatic carbocycles. The molecule has 2 aromatic rings. The van der Waals surface area contributed by atoms with Gasteiger partial charge in [0.2, 0.25) is 0 Å². The van der Waals surface area contributed by atoms with Crippen LogP contribution in [0.5, 0.6) is 0 Å². The fraction of sp³-hybridized carbons (Fsp3) is 0.542. The van der Waals surface area contributed by atoms with Crippen LogP contribution in [-0.4, -0.2) is 36.2 Å². The van der Waals surface area contributed by atoms with E-state index < -0.39 is 0 Å². The number of hydrogen-bond acceptors (Lipinski definition) is 2. The van der Waals surface area contributed by atoms with Gasteiger partial charge in [0.05, 0.1) is 26.2 Å². The first-order valence-corrected chi connectivity index (χ1v) is 12.2. The van der Waals surface area contributed by atoms with E-state index in [4.69, 9.17) is 12.2 Å². The van der Waals surface area contributed by atoms with Crippen LogP contribution in [0.3, 0.4) is 0 Å². The predicted octanol–water partition coefficient (Wildman–Crippen LogP) is 4.58. The van der Waals surface area contributed by atoms with Gasteiger partial charge in [0.25, 0.3) is 0 Å². The van der Waals surface area contributed by atoms with Crippen LogP contribution in [0.4, 0.5) is 5.69 Å². The first-order valence-electron chi connectivity index (χ1n) is 10.9. The molecule has 29 heavy (non-hydrogen) atoms. The molecular formula is C24H36N3S2+. The Morgan fingerprint density at radius 2 is 1.90 bits per heavy atom. The maximum absolute atomic E-state index is 5.88. The average molecular weight is 431 g/mol. The van der Waals surface area contributed by atoms with Crippen molar-refractivity contribution in [1.29, 1.82) is 0 Å². The third-order valence-corrected chi connectivity index (χ3v) is 7.28. The quantitative estimate of drug-likeness (QED) is 0.628. The van der Waals surface area contributed by atoms with Crippen molar-refractivity contribution in [2.24, 2.45) is 5.92 Å². The van der Waals surface area contributed by atoms with E-state index in [0.717, 1.165) is 29.8 Å². The molecule has 0 amide bonds. The summed E-state index contributed by atoms with van der Waals surface area (Å²) in [7, 11) is 0. The van der Waals surface area contributed by atoms with E-state index in [1.165, 1.54) is 60.5 Å². The third kappa shape index (κ3) is 6.53. The smallest absolute Gasteiger partial charge is 0.173 e. The molecule has 1 aromatic heterocycles. The summed E-state index contributed by atoms with van der Waals surface area (Å²) in [6, 6.07) is 8.78. The molecule has 3 nitrogen and oxygen atoms in total. The van der Waals surface area contributed by atoms with Crippen LogP contribution in [0, 0.1) is 26.7 Å². The van der Waals surface area contributed by atoms with E-state index in [0.29, 0.717) is 0 Å². The van der Waals surface area contributed by atoms with Gasteiger partial charge in [-0.05, 0) is 74.3 Å². The Labute approximate surface area is 186 Å². The normalized spacial score (nSPS) is 19.2. The van der Waals surface area contributed by atoms with E-state index in [1.54, 1.807) is 4.90 Å². The van der Waals surface area contributed by atoms with Crippen molar-refractivity contribution in [3.05, 3.63) is 51.2 Å². The van der Waals surface area contributed by atoms with Crippen molar-refractivity contribution < 1.29 is 4.90 Å². The van der Waals surface area contributed by atoms with Crippen molar-refractivity contribution in [1.82, 2.24) is 4.90 Å². The van der Waals surface area contributed by atoms with Crippen molar-refractivity contribution >= 4 is 34.4 Å². The van der Waals surface area contributed by atoms with E-state index in [2.05, 4.69) is 67.6 Å². The first kappa shape index (κ1) is 22.3. The maximum atomic E-state index is 5.88. The summed E-state index contributed by atoms with van der Waals surface area (Å²) < 4.78 is 0. The van der Waals surface area contributed by atoms with Crippen molar-refractivity contribution in [2.75, 3.05) is 31.5 Å². The number of anilines is 1. The summed E-state index contributed by atoms with van der Waals surface area (Å²) in [5, 5.41) is 6.56. The minimum atomic E-state index is 0.843. The molecule has 0 atom stereocenters. The van der Waals surface area contributed by atoms with E-state index in [9.17, 15) is 0 Å². The number of benzene rings is 1. The molecule has 2 heterocycles. The van der Waals surface area contributed by atoms with Gasteiger partial charge in [-0.1, -0.05) is 30.7 Å². The number of nitrogens with zero attached hydrogens (tertiary/aromatic N) is 1. The number of thiophene rings is 1. The molecule has 1 aliphatic rings. The molecule has 0 saturated carbocycles. The molecule has 158 valence electrons. The van der Waals surface area contributed by atoms with Gasteiger partial charge < -0.3 is 15.1 Å². The predicted molar refractivity (Wildman–Crippen MR) is 130 cm³/mol.